The number of carbonyl (C=O) groups is 1. The van der Waals surface area contributed by atoms with Crippen LogP contribution in [0.5, 0.6) is 0 Å². The van der Waals surface area contributed by atoms with Crippen molar-refractivity contribution in [2.24, 2.45) is 0 Å². The number of rotatable bonds is 5. The van der Waals surface area contributed by atoms with Crippen LogP contribution in [-0.4, -0.2) is 73.3 Å². The van der Waals surface area contributed by atoms with Gasteiger partial charge in [-0.05, 0) is 52.4 Å². The smallest absolute Gasteiger partial charge is 0.317 e. The molecule has 1 N–H and O–H groups in total. The lowest BCUT2D eigenvalue weighted by atomic mass is 9.82. The van der Waals surface area contributed by atoms with Crippen LogP contribution in [0.25, 0.3) is 0 Å². The fraction of sp³-hybridized carbons (Fsp3) is 0.941. The minimum Gasteiger partial charge on any atom is -0.375 e. The molecule has 2 aliphatic heterocycles. The van der Waals surface area contributed by atoms with Gasteiger partial charge in [-0.1, -0.05) is 0 Å². The number of hydrogen-bond donors (Lipinski definition) is 1. The highest BCUT2D eigenvalue weighted by atomic mass is 32.2. The predicted octanol–water partition coefficient (Wildman–Crippen LogP) is 1.54. The molecular weight excluding hydrogens is 342 g/mol. The Balaban J connectivity index is 1.66. The molecule has 1 spiro atoms. The van der Waals surface area contributed by atoms with E-state index in [-0.39, 0.29) is 29.5 Å². The van der Waals surface area contributed by atoms with Crippen molar-refractivity contribution in [2.45, 2.75) is 70.1 Å². The fourth-order valence-electron chi connectivity index (χ4n) is 4.18. The minimum atomic E-state index is -3.18. The second kappa shape index (κ2) is 7.40. The molecule has 0 radical (unpaired) electrons. The monoisotopic (exact) mass is 373 g/mol. The molecule has 2 heterocycles. The van der Waals surface area contributed by atoms with Gasteiger partial charge in [-0.3, -0.25) is 0 Å². The van der Waals surface area contributed by atoms with Crippen LogP contribution in [0.2, 0.25) is 0 Å². The third kappa shape index (κ3) is 4.11. The van der Waals surface area contributed by atoms with Crippen LogP contribution in [0.1, 0.15) is 52.4 Å². The molecule has 0 aromatic heterocycles. The maximum absolute atomic E-state index is 12.6. The van der Waals surface area contributed by atoms with Crippen LogP contribution in [0.3, 0.4) is 0 Å². The highest BCUT2D eigenvalue weighted by molar-refractivity contribution is 7.89. The second-order valence-corrected chi connectivity index (χ2v) is 9.63. The number of urea groups is 1. The first kappa shape index (κ1) is 18.9. The average molecular weight is 374 g/mol. The molecule has 3 fully saturated rings. The SMILES string of the molecule is CCNC(=O)N1CCC2(CC1)CC(N(C1CC1)S(=O)(=O)CC)CCO2. The Morgan fingerprint density at radius 3 is 2.44 bits per heavy atom. The lowest BCUT2D eigenvalue weighted by Gasteiger charge is -2.48. The van der Waals surface area contributed by atoms with Crippen molar-refractivity contribution in [1.29, 1.82) is 0 Å². The molecule has 144 valence electrons. The van der Waals surface area contributed by atoms with Gasteiger partial charge in [0.25, 0.3) is 0 Å². The van der Waals surface area contributed by atoms with Crippen LogP contribution in [-0.2, 0) is 14.8 Å². The van der Waals surface area contributed by atoms with E-state index in [1.165, 1.54) is 0 Å². The van der Waals surface area contributed by atoms with Gasteiger partial charge < -0.3 is 15.0 Å². The summed E-state index contributed by atoms with van der Waals surface area (Å²) in [5.41, 5.74) is -0.275. The molecule has 7 nitrogen and oxygen atoms in total. The predicted molar refractivity (Wildman–Crippen MR) is 95.9 cm³/mol. The van der Waals surface area contributed by atoms with Gasteiger partial charge in [-0.25, -0.2) is 13.2 Å². The number of piperidine rings is 1. The summed E-state index contributed by atoms with van der Waals surface area (Å²) in [5, 5.41) is 2.84. The minimum absolute atomic E-state index is 0.0159. The zero-order valence-electron chi connectivity index (χ0n) is 15.4. The van der Waals surface area contributed by atoms with Crippen LogP contribution >= 0.6 is 0 Å². The summed E-state index contributed by atoms with van der Waals surface area (Å²) in [6.07, 6.45) is 5.06. The number of nitrogens with zero attached hydrogens (tertiary/aromatic N) is 2. The van der Waals surface area contributed by atoms with E-state index < -0.39 is 10.0 Å². The number of nitrogens with one attached hydrogen (secondary N) is 1. The third-order valence-corrected chi connectivity index (χ3v) is 7.68. The van der Waals surface area contributed by atoms with E-state index in [0.29, 0.717) is 26.2 Å². The van der Waals surface area contributed by atoms with Crippen molar-refractivity contribution >= 4 is 16.1 Å². The molecule has 0 aromatic carbocycles. The van der Waals surface area contributed by atoms with Gasteiger partial charge in [0.1, 0.15) is 0 Å². The molecule has 3 rings (SSSR count). The van der Waals surface area contributed by atoms with Crippen molar-refractivity contribution in [2.75, 3.05) is 32.0 Å². The first-order chi connectivity index (χ1) is 11.9. The molecule has 0 aromatic rings. The average Bonchev–Trinajstić information content (AvgIpc) is 3.40. The highest BCUT2D eigenvalue weighted by Crippen LogP contribution is 2.41. The zero-order valence-corrected chi connectivity index (χ0v) is 16.2. The van der Waals surface area contributed by atoms with Gasteiger partial charge in [0.05, 0.1) is 11.4 Å². The summed E-state index contributed by atoms with van der Waals surface area (Å²) in [6, 6.07) is 0.223. The number of sulfonamides is 1. The summed E-state index contributed by atoms with van der Waals surface area (Å²) in [6.45, 7) is 6.22. The fourth-order valence-corrected chi connectivity index (χ4v) is 5.78. The normalized spacial score (nSPS) is 26.8. The molecule has 1 unspecified atom stereocenters. The number of carbonyl (C=O) groups excluding carboxylic acids is 1. The van der Waals surface area contributed by atoms with E-state index >= 15 is 0 Å². The molecule has 1 aliphatic carbocycles. The Morgan fingerprint density at radius 2 is 1.88 bits per heavy atom. The molecule has 1 saturated carbocycles. The van der Waals surface area contributed by atoms with Gasteiger partial charge in [0.2, 0.25) is 10.0 Å². The van der Waals surface area contributed by atoms with Gasteiger partial charge in [-0.2, -0.15) is 4.31 Å². The van der Waals surface area contributed by atoms with Gasteiger partial charge in [0.15, 0.2) is 0 Å². The molecule has 3 aliphatic rings. The summed E-state index contributed by atoms with van der Waals surface area (Å²) in [7, 11) is -3.18. The Hall–Kier alpha value is -0.860. The van der Waals surface area contributed by atoms with Crippen LogP contribution in [0.15, 0.2) is 0 Å². The lowest BCUT2D eigenvalue weighted by molar-refractivity contribution is -0.122. The maximum atomic E-state index is 12.6. The van der Waals surface area contributed by atoms with E-state index in [1.54, 1.807) is 11.2 Å². The Kier molecular flexibility index (Phi) is 5.60. The van der Waals surface area contributed by atoms with Crippen LogP contribution in [0.4, 0.5) is 4.79 Å². The standard InChI is InChI=1S/C17H31N3O4S/c1-3-18-16(21)19-10-8-17(9-11-19)13-15(7-12-24-17)20(14-5-6-14)25(22,23)4-2/h14-15H,3-13H2,1-2H3,(H,18,21). The van der Waals surface area contributed by atoms with Crippen molar-refractivity contribution < 1.29 is 17.9 Å². The molecule has 1 atom stereocenters. The van der Waals surface area contributed by atoms with E-state index in [4.69, 9.17) is 4.74 Å². The van der Waals surface area contributed by atoms with E-state index in [9.17, 15) is 13.2 Å². The van der Waals surface area contributed by atoms with E-state index in [2.05, 4.69) is 5.32 Å². The van der Waals surface area contributed by atoms with Crippen molar-refractivity contribution in [1.82, 2.24) is 14.5 Å². The maximum Gasteiger partial charge on any atom is 0.317 e. The number of ether oxygens (including phenoxy) is 1. The summed E-state index contributed by atoms with van der Waals surface area (Å²) in [5.74, 6) is 0.165. The number of amides is 2. The summed E-state index contributed by atoms with van der Waals surface area (Å²) in [4.78, 5) is 13.8. The summed E-state index contributed by atoms with van der Waals surface area (Å²) >= 11 is 0. The van der Waals surface area contributed by atoms with Crippen LogP contribution < -0.4 is 5.32 Å². The van der Waals surface area contributed by atoms with Crippen LogP contribution in [0, 0.1) is 0 Å². The van der Waals surface area contributed by atoms with E-state index in [1.807, 2.05) is 11.8 Å². The van der Waals surface area contributed by atoms with Gasteiger partial charge >= 0.3 is 6.03 Å². The number of likely N-dealkylation sites (tertiary alicyclic amines) is 1. The first-order valence-corrected chi connectivity index (χ1v) is 11.2. The summed E-state index contributed by atoms with van der Waals surface area (Å²) < 4.78 is 33.1. The molecule has 25 heavy (non-hydrogen) atoms. The van der Waals surface area contributed by atoms with Gasteiger partial charge in [-0.15, -0.1) is 0 Å². The van der Waals surface area contributed by atoms with E-state index in [0.717, 1.165) is 38.5 Å². The molecule has 0 bridgehead atoms. The molecule has 2 saturated heterocycles. The van der Waals surface area contributed by atoms with Crippen molar-refractivity contribution in [3.63, 3.8) is 0 Å². The van der Waals surface area contributed by atoms with Crippen molar-refractivity contribution in [3.05, 3.63) is 0 Å². The Bertz CT molecular complexity index is 583. The zero-order chi connectivity index (χ0) is 18.1. The molecule has 8 heteroatoms. The Morgan fingerprint density at radius 1 is 1.20 bits per heavy atom. The number of hydrogen-bond acceptors (Lipinski definition) is 4. The first-order valence-electron chi connectivity index (χ1n) is 9.59. The quantitative estimate of drug-likeness (QED) is 0.793. The van der Waals surface area contributed by atoms with Gasteiger partial charge in [0, 0.05) is 38.3 Å². The largest absolute Gasteiger partial charge is 0.375 e. The van der Waals surface area contributed by atoms with Crippen molar-refractivity contribution in [3.8, 4) is 0 Å². The third-order valence-electron chi connectivity index (χ3n) is 5.71. The molecule has 2 amide bonds. The lowest BCUT2D eigenvalue weighted by Crippen LogP contribution is -2.56. The second-order valence-electron chi connectivity index (χ2n) is 7.46. The Labute approximate surface area is 151 Å². The highest BCUT2D eigenvalue weighted by Gasteiger charge is 2.48. The molecular formula is C17H31N3O4S. The topological polar surface area (TPSA) is 79.0 Å².